The van der Waals surface area contributed by atoms with Crippen molar-refractivity contribution in [1.29, 1.82) is 0 Å². The van der Waals surface area contributed by atoms with Crippen LogP contribution in [-0.2, 0) is 4.74 Å². The van der Waals surface area contributed by atoms with Crippen LogP contribution in [0.25, 0.3) is 0 Å². The zero-order chi connectivity index (χ0) is 14.5. The van der Waals surface area contributed by atoms with Gasteiger partial charge in [0.05, 0.1) is 17.9 Å². The van der Waals surface area contributed by atoms with Crippen molar-refractivity contribution in [2.45, 2.75) is 33.2 Å². The lowest BCUT2D eigenvalue weighted by Gasteiger charge is -2.21. The molecule has 0 atom stereocenters. The number of urea groups is 1. The summed E-state index contributed by atoms with van der Waals surface area (Å²) in [6.07, 6.45) is 0. The van der Waals surface area contributed by atoms with Gasteiger partial charge in [0.2, 0.25) is 0 Å². The van der Waals surface area contributed by atoms with E-state index in [9.17, 15) is 9.59 Å². The number of rotatable bonds is 3. The first kappa shape index (κ1) is 15.0. The number of para-hydroxylation sites is 1. The molecule has 19 heavy (non-hydrogen) atoms. The summed E-state index contributed by atoms with van der Waals surface area (Å²) in [5, 5.41) is 5.42. The van der Waals surface area contributed by atoms with Crippen molar-refractivity contribution in [2.75, 3.05) is 11.9 Å². The van der Waals surface area contributed by atoms with Gasteiger partial charge in [-0.15, -0.1) is 0 Å². The molecule has 0 aromatic heterocycles. The van der Waals surface area contributed by atoms with Crippen LogP contribution in [0.15, 0.2) is 24.3 Å². The quantitative estimate of drug-likeness (QED) is 0.825. The van der Waals surface area contributed by atoms with Crippen LogP contribution in [0, 0.1) is 0 Å². The summed E-state index contributed by atoms with van der Waals surface area (Å²) in [5.41, 5.74) is 0.430. The minimum atomic E-state index is -0.450. The maximum absolute atomic E-state index is 11.8. The van der Waals surface area contributed by atoms with E-state index >= 15 is 0 Å². The molecule has 0 aliphatic heterocycles. The fourth-order valence-electron chi connectivity index (χ4n) is 1.47. The lowest BCUT2D eigenvalue weighted by atomic mass is 10.1. The summed E-state index contributed by atoms with van der Waals surface area (Å²) in [6.45, 7) is 7.67. The molecule has 0 aliphatic rings. The first-order valence-corrected chi connectivity index (χ1v) is 6.19. The number of amides is 2. The molecule has 0 heterocycles. The molecular formula is C14H20N2O3. The fourth-order valence-corrected chi connectivity index (χ4v) is 1.47. The number of ether oxygens (including phenoxy) is 1. The Bertz CT molecular complexity index is 464. The van der Waals surface area contributed by atoms with Gasteiger partial charge in [-0.3, -0.25) is 0 Å². The number of carbonyl (C=O) groups is 2. The number of hydrogen-bond acceptors (Lipinski definition) is 3. The number of anilines is 1. The van der Waals surface area contributed by atoms with Crippen LogP contribution in [0.1, 0.15) is 38.1 Å². The van der Waals surface area contributed by atoms with Gasteiger partial charge < -0.3 is 15.4 Å². The molecule has 0 unspecified atom stereocenters. The minimum absolute atomic E-state index is 0.293. The Morgan fingerprint density at radius 3 is 2.42 bits per heavy atom. The van der Waals surface area contributed by atoms with E-state index in [0.29, 0.717) is 17.9 Å². The molecule has 0 bridgehead atoms. The third-order valence-electron chi connectivity index (χ3n) is 2.16. The molecule has 2 N–H and O–H groups in total. The van der Waals surface area contributed by atoms with E-state index in [2.05, 4.69) is 10.6 Å². The Morgan fingerprint density at radius 2 is 1.84 bits per heavy atom. The van der Waals surface area contributed by atoms with E-state index < -0.39 is 5.97 Å². The number of nitrogens with one attached hydrogen (secondary N) is 2. The molecule has 1 aromatic rings. The van der Waals surface area contributed by atoms with Crippen molar-refractivity contribution in [3.63, 3.8) is 0 Å². The van der Waals surface area contributed by atoms with E-state index in [0.717, 1.165) is 0 Å². The van der Waals surface area contributed by atoms with Gasteiger partial charge in [-0.2, -0.15) is 0 Å². The van der Waals surface area contributed by atoms with Crippen LogP contribution in [0.4, 0.5) is 10.5 Å². The molecule has 0 radical (unpaired) electrons. The average molecular weight is 264 g/mol. The van der Waals surface area contributed by atoms with Crippen LogP contribution >= 0.6 is 0 Å². The highest BCUT2D eigenvalue weighted by atomic mass is 16.5. The second-order valence-electron chi connectivity index (χ2n) is 5.10. The first-order chi connectivity index (χ1) is 8.83. The van der Waals surface area contributed by atoms with Crippen molar-refractivity contribution in [3.05, 3.63) is 29.8 Å². The molecule has 5 nitrogen and oxygen atoms in total. The normalized spacial score (nSPS) is 10.7. The standard InChI is InChI=1S/C14H20N2O3/c1-5-19-12(17)10-8-6-7-9-11(10)15-13(18)16-14(2,3)4/h6-9H,5H2,1-4H3,(H2,15,16,18). The molecule has 0 fully saturated rings. The summed E-state index contributed by atoms with van der Waals surface area (Å²) in [7, 11) is 0. The number of hydrogen-bond donors (Lipinski definition) is 2. The lowest BCUT2D eigenvalue weighted by Crippen LogP contribution is -2.43. The summed E-state index contributed by atoms with van der Waals surface area (Å²) in [6, 6.07) is 6.39. The Hall–Kier alpha value is -2.04. The van der Waals surface area contributed by atoms with Gasteiger partial charge in [0.1, 0.15) is 0 Å². The molecule has 0 aliphatic carbocycles. The van der Waals surface area contributed by atoms with Crippen molar-refractivity contribution in [2.24, 2.45) is 0 Å². The predicted octanol–water partition coefficient (Wildman–Crippen LogP) is 2.78. The van der Waals surface area contributed by atoms with Crippen LogP contribution in [0.3, 0.4) is 0 Å². The van der Waals surface area contributed by atoms with Crippen molar-refractivity contribution < 1.29 is 14.3 Å². The molecule has 5 heteroatoms. The number of esters is 1. The van der Waals surface area contributed by atoms with Crippen molar-refractivity contribution in [3.8, 4) is 0 Å². The number of benzene rings is 1. The fraction of sp³-hybridized carbons (Fsp3) is 0.429. The molecule has 0 spiro atoms. The summed E-state index contributed by atoms with van der Waals surface area (Å²) in [5.74, 6) is -0.450. The van der Waals surface area contributed by atoms with E-state index in [1.165, 1.54) is 0 Å². The largest absolute Gasteiger partial charge is 0.462 e. The Labute approximate surface area is 113 Å². The maximum Gasteiger partial charge on any atom is 0.340 e. The van der Waals surface area contributed by atoms with E-state index in [4.69, 9.17) is 4.74 Å². The topological polar surface area (TPSA) is 67.4 Å². The Morgan fingerprint density at radius 1 is 1.21 bits per heavy atom. The average Bonchev–Trinajstić information content (AvgIpc) is 2.27. The van der Waals surface area contributed by atoms with Crippen LogP contribution < -0.4 is 10.6 Å². The van der Waals surface area contributed by atoms with E-state index in [-0.39, 0.29) is 11.6 Å². The maximum atomic E-state index is 11.8. The summed E-state index contributed by atoms with van der Waals surface area (Å²) < 4.78 is 4.94. The minimum Gasteiger partial charge on any atom is -0.462 e. The third-order valence-corrected chi connectivity index (χ3v) is 2.16. The lowest BCUT2D eigenvalue weighted by molar-refractivity contribution is 0.0527. The monoisotopic (exact) mass is 264 g/mol. The Kier molecular flexibility index (Phi) is 4.92. The zero-order valence-corrected chi connectivity index (χ0v) is 11.7. The van der Waals surface area contributed by atoms with Crippen molar-refractivity contribution in [1.82, 2.24) is 5.32 Å². The molecule has 0 saturated carbocycles. The highest BCUT2D eigenvalue weighted by molar-refractivity contribution is 6.00. The van der Waals surface area contributed by atoms with Gasteiger partial charge in [0.15, 0.2) is 0 Å². The highest BCUT2D eigenvalue weighted by Gasteiger charge is 2.17. The SMILES string of the molecule is CCOC(=O)c1ccccc1NC(=O)NC(C)(C)C. The van der Waals surface area contributed by atoms with Crippen LogP contribution in [-0.4, -0.2) is 24.1 Å². The van der Waals surface area contributed by atoms with Gasteiger partial charge in [0.25, 0.3) is 0 Å². The van der Waals surface area contributed by atoms with Crippen molar-refractivity contribution >= 4 is 17.7 Å². The second-order valence-corrected chi connectivity index (χ2v) is 5.10. The number of carbonyl (C=O) groups excluding carboxylic acids is 2. The third kappa shape index (κ3) is 4.99. The van der Waals surface area contributed by atoms with Gasteiger partial charge in [0, 0.05) is 5.54 Å². The molecule has 104 valence electrons. The first-order valence-electron chi connectivity index (χ1n) is 6.19. The van der Waals surface area contributed by atoms with Crippen LogP contribution in [0.5, 0.6) is 0 Å². The summed E-state index contributed by atoms with van der Waals surface area (Å²) in [4.78, 5) is 23.5. The molecule has 0 saturated heterocycles. The second kappa shape index (κ2) is 6.22. The van der Waals surface area contributed by atoms with E-state index in [1.54, 1.807) is 31.2 Å². The predicted molar refractivity (Wildman–Crippen MR) is 74.3 cm³/mol. The molecule has 2 amide bonds. The van der Waals surface area contributed by atoms with E-state index in [1.807, 2.05) is 20.8 Å². The van der Waals surface area contributed by atoms with Crippen LogP contribution in [0.2, 0.25) is 0 Å². The van der Waals surface area contributed by atoms with Gasteiger partial charge >= 0.3 is 12.0 Å². The molecular weight excluding hydrogens is 244 g/mol. The summed E-state index contributed by atoms with van der Waals surface area (Å²) >= 11 is 0. The van der Waals surface area contributed by atoms with Gasteiger partial charge in [-0.05, 0) is 39.8 Å². The molecule has 1 aromatic carbocycles. The zero-order valence-electron chi connectivity index (χ0n) is 11.7. The Balaban J connectivity index is 2.84. The highest BCUT2D eigenvalue weighted by Crippen LogP contribution is 2.16. The van der Waals surface area contributed by atoms with Gasteiger partial charge in [-0.1, -0.05) is 12.1 Å². The van der Waals surface area contributed by atoms with Gasteiger partial charge in [-0.25, -0.2) is 9.59 Å². The molecule has 1 rings (SSSR count). The smallest absolute Gasteiger partial charge is 0.340 e.